The Bertz CT molecular complexity index is 1330. The highest BCUT2D eigenvalue weighted by Crippen LogP contribution is 2.40. The van der Waals surface area contributed by atoms with Crippen molar-refractivity contribution >= 4 is 39.4 Å². The lowest BCUT2D eigenvalue weighted by atomic mass is 9.88. The van der Waals surface area contributed by atoms with E-state index in [0.29, 0.717) is 16.5 Å². The molecule has 0 unspecified atom stereocenters. The van der Waals surface area contributed by atoms with E-state index in [1.54, 1.807) is 0 Å². The summed E-state index contributed by atoms with van der Waals surface area (Å²) in [7, 11) is 4.21. The maximum atomic E-state index is 12.8. The lowest BCUT2D eigenvalue weighted by Gasteiger charge is -2.18. The second-order valence-corrected chi connectivity index (χ2v) is 8.95. The van der Waals surface area contributed by atoms with Gasteiger partial charge >= 0.3 is 11.7 Å². The van der Waals surface area contributed by atoms with Gasteiger partial charge in [-0.2, -0.15) is 0 Å². The molecule has 1 amide bonds. The Labute approximate surface area is 181 Å². The number of esters is 1. The first-order valence-electron chi connectivity index (χ1n) is 9.86. The molecule has 11 heteroatoms. The number of hydrogen-bond donors (Lipinski definition) is 1. The summed E-state index contributed by atoms with van der Waals surface area (Å²) < 4.78 is 8.59. The monoisotopic (exact) mass is 445 g/mol. The fourth-order valence-electron chi connectivity index (χ4n) is 3.99. The first-order valence-corrected chi connectivity index (χ1v) is 10.7. The number of aryl methyl sites for hydroxylation is 1. The van der Waals surface area contributed by atoms with Crippen LogP contribution in [-0.4, -0.2) is 37.7 Å². The first kappa shape index (κ1) is 21.0. The number of imidazole rings is 1. The van der Waals surface area contributed by atoms with Gasteiger partial charge in [-0.1, -0.05) is 6.92 Å². The van der Waals surface area contributed by atoms with Crippen LogP contribution < -0.4 is 16.6 Å². The van der Waals surface area contributed by atoms with Gasteiger partial charge < -0.3 is 14.6 Å². The molecule has 0 aliphatic heterocycles. The Hall–Kier alpha value is -3.21. The molecule has 0 fully saturated rings. The molecule has 0 saturated heterocycles. The second-order valence-electron chi connectivity index (χ2n) is 7.85. The van der Waals surface area contributed by atoms with Crippen LogP contribution in [0.4, 0.5) is 5.00 Å². The molecule has 4 rings (SSSR count). The third-order valence-corrected chi connectivity index (χ3v) is 6.86. The van der Waals surface area contributed by atoms with E-state index < -0.39 is 23.1 Å². The molecule has 3 aromatic heterocycles. The quantitative estimate of drug-likeness (QED) is 0.600. The Kier molecular flexibility index (Phi) is 5.29. The lowest BCUT2D eigenvalue weighted by molar-refractivity contribution is -0.116. The van der Waals surface area contributed by atoms with Crippen LogP contribution in [0.5, 0.6) is 0 Å². The molecule has 0 saturated carbocycles. The van der Waals surface area contributed by atoms with Crippen LogP contribution in [0.25, 0.3) is 11.2 Å². The summed E-state index contributed by atoms with van der Waals surface area (Å²) in [6.45, 7) is 1.97. The summed E-state index contributed by atoms with van der Waals surface area (Å²) >= 11 is 1.40. The molecule has 0 spiro atoms. The van der Waals surface area contributed by atoms with Crippen molar-refractivity contribution in [2.75, 3.05) is 12.4 Å². The standard InChI is InChI=1S/C20H23N5O5S/c1-10-5-6-11-12(7-10)31-17(14(11)19(28)30-4)22-13(26)8-25-9-21-16-15(25)18(27)24(3)20(29)23(16)2/h9-10H,5-8H2,1-4H3,(H,22,26)/t10-/m0/s1. The normalized spacial score (nSPS) is 15.7. The minimum absolute atomic E-state index is 0.159. The molecule has 0 radical (unpaired) electrons. The number of ether oxygens (including phenoxy) is 1. The van der Waals surface area contributed by atoms with E-state index in [1.165, 1.54) is 48.0 Å². The second kappa shape index (κ2) is 7.80. The Morgan fingerprint density at radius 3 is 2.74 bits per heavy atom. The molecule has 1 atom stereocenters. The molecule has 31 heavy (non-hydrogen) atoms. The van der Waals surface area contributed by atoms with Gasteiger partial charge in [0.15, 0.2) is 11.2 Å². The smallest absolute Gasteiger partial charge is 0.341 e. The maximum Gasteiger partial charge on any atom is 0.341 e. The zero-order valence-corrected chi connectivity index (χ0v) is 18.5. The zero-order chi connectivity index (χ0) is 22.4. The molecule has 1 aliphatic carbocycles. The highest BCUT2D eigenvalue weighted by molar-refractivity contribution is 7.17. The van der Waals surface area contributed by atoms with Crippen molar-refractivity contribution in [2.24, 2.45) is 20.0 Å². The third-order valence-electron chi connectivity index (χ3n) is 5.69. The number of rotatable bonds is 4. The molecular weight excluding hydrogens is 422 g/mol. The van der Waals surface area contributed by atoms with E-state index in [-0.39, 0.29) is 17.7 Å². The predicted molar refractivity (Wildman–Crippen MR) is 116 cm³/mol. The number of amides is 1. The van der Waals surface area contributed by atoms with Crippen LogP contribution in [0.3, 0.4) is 0 Å². The molecule has 10 nitrogen and oxygen atoms in total. The number of carbonyl (C=O) groups excluding carboxylic acids is 2. The molecular formula is C20H23N5O5S. The summed E-state index contributed by atoms with van der Waals surface area (Å²) in [5.74, 6) is -0.369. The largest absolute Gasteiger partial charge is 0.465 e. The molecule has 3 aromatic rings. The van der Waals surface area contributed by atoms with Gasteiger partial charge in [-0.25, -0.2) is 14.6 Å². The summed E-state index contributed by atoms with van der Waals surface area (Å²) in [5.41, 5.74) is 0.704. The zero-order valence-electron chi connectivity index (χ0n) is 17.7. The van der Waals surface area contributed by atoms with Crippen molar-refractivity contribution in [3.05, 3.63) is 43.2 Å². The number of methoxy groups -OCH3 is 1. The molecule has 0 bridgehead atoms. The molecule has 3 heterocycles. The number of anilines is 1. The van der Waals surface area contributed by atoms with Crippen molar-refractivity contribution in [3.63, 3.8) is 0 Å². The lowest BCUT2D eigenvalue weighted by Crippen LogP contribution is -2.37. The number of thiophene rings is 1. The van der Waals surface area contributed by atoms with Crippen molar-refractivity contribution in [3.8, 4) is 0 Å². The Morgan fingerprint density at radius 1 is 1.29 bits per heavy atom. The number of aromatic nitrogens is 4. The predicted octanol–water partition coefficient (Wildman–Crippen LogP) is 1.05. The number of nitrogens with one attached hydrogen (secondary N) is 1. The first-order chi connectivity index (χ1) is 14.7. The van der Waals surface area contributed by atoms with Gasteiger partial charge in [0.05, 0.1) is 19.0 Å². The maximum absolute atomic E-state index is 12.8. The van der Waals surface area contributed by atoms with Crippen molar-refractivity contribution in [1.82, 2.24) is 18.7 Å². The van der Waals surface area contributed by atoms with Crippen LogP contribution in [0.2, 0.25) is 0 Å². The van der Waals surface area contributed by atoms with Crippen LogP contribution in [-0.2, 0) is 43.0 Å². The van der Waals surface area contributed by atoms with Gasteiger partial charge in [-0.15, -0.1) is 11.3 Å². The average Bonchev–Trinajstić information content (AvgIpc) is 3.30. The topological polar surface area (TPSA) is 117 Å². The van der Waals surface area contributed by atoms with E-state index in [4.69, 9.17) is 4.74 Å². The van der Waals surface area contributed by atoms with Crippen molar-refractivity contribution in [1.29, 1.82) is 0 Å². The van der Waals surface area contributed by atoms with E-state index >= 15 is 0 Å². The number of nitrogens with zero attached hydrogens (tertiary/aromatic N) is 4. The summed E-state index contributed by atoms with van der Waals surface area (Å²) in [4.78, 5) is 55.1. The molecule has 0 aromatic carbocycles. The van der Waals surface area contributed by atoms with E-state index in [1.807, 2.05) is 0 Å². The number of hydrogen-bond acceptors (Lipinski definition) is 7. The van der Waals surface area contributed by atoms with Gasteiger partial charge in [0.2, 0.25) is 5.91 Å². The minimum Gasteiger partial charge on any atom is -0.465 e. The van der Waals surface area contributed by atoms with Crippen molar-refractivity contribution in [2.45, 2.75) is 32.7 Å². The Morgan fingerprint density at radius 2 is 2.03 bits per heavy atom. The van der Waals surface area contributed by atoms with Gasteiger partial charge in [-0.3, -0.25) is 18.7 Å². The average molecular weight is 446 g/mol. The third kappa shape index (κ3) is 3.48. The summed E-state index contributed by atoms with van der Waals surface area (Å²) in [6, 6.07) is 0. The van der Waals surface area contributed by atoms with E-state index in [2.05, 4.69) is 17.2 Å². The van der Waals surface area contributed by atoms with Crippen LogP contribution in [0, 0.1) is 5.92 Å². The van der Waals surface area contributed by atoms with Gasteiger partial charge in [0.1, 0.15) is 11.5 Å². The van der Waals surface area contributed by atoms with Crippen LogP contribution >= 0.6 is 11.3 Å². The summed E-state index contributed by atoms with van der Waals surface area (Å²) in [6.07, 6.45) is 3.96. The van der Waals surface area contributed by atoms with E-state index in [9.17, 15) is 19.2 Å². The fourth-order valence-corrected chi connectivity index (χ4v) is 5.41. The van der Waals surface area contributed by atoms with Crippen LogP contribution in [0.1, 0.15) is 34.1 Å². The van der Waals surface area contributed by atoms with Gasteiger partial charge in [-0.05, 0) is 30.7 Å². The van der Waals surface area contributed by atoms with Gasteiger partial charge in [0, 0.05) is 19.0 Å². The van der Waals surface area contributed by atoms with Crippen LogP contribution in [0.15, 0.2) is 15.9 Å². The molecule has 164 valence electrons. The summed E-state index contributed by atoms with van der Waals surface area (Å²) in [5, 5.41) is 3.27. The van der Waals surface area contributed by atoms with Crippen molar-refractivity contribution < 1.29 is 14.3 Å². The molecule has 1 N–H and O–H groups in total. The number of carbonyl (C=O) groups is 2. The molecule has 1 aliphatic rings. The highest BCUT2D eigenvalue weighted by atomic mass is 32.1. The Balaban J connectivity index is 1.67. The van der Waals surface area contributed by atoms with E-state index in [0.717, 1.165) is 34.3 Å². The SMILES string of the molecule is COC(=O)c1c(NC(=O)Cn2cnc3c2c(=O)n(C)c(=O)n3C)sc2c1CC[C@H](C)C2. The number of fused-ring (bicyclic) bond motifs is 2. The fraction of sp³-hybridized carbons (Fsp3) is 0.450. The highest BCUT2D eigenvalue weighted by Gasteiger charge is 2.29. The minimum atomic E-state index is -0.528. The van der Waals surface area contributed by atoms with Gasteiger partial charge in [0.25, 0.3) is 5.56 Å².